The number of aliphatic hydroxyl groups is 1. The van der Waals surface area contributed by atoms with Gasteiger partial charge in [0.05, 0.1) is 17.6 Å². The Labute approximate surface area is 98.1 Å². The van der Waals surface area contributed by atoms with E-state index in [-0.39, 0.29) is 23.2 Å². The summed E-state index contributed by atoms with van der Waals surface area (Å²) in [5.41, 5.74) is 5.30. The molecular formula is C8H15NO5S2. The fourth-order valence-electron chi connectivity index (χ4n) is 1.43. The van der Waals surface area contributed by atoms with Crippen molar-refractivity contribution in [2.24, 2.45) is 5.73 Å². The van der Waals surface area contributed by atoms with Crippen molar-refractivity contribution in [3.05, 3.63) is 0 Å². The number of rotatable bonds is 5. The van der Waals surface area contributed by atoms with E-state index in [9.17, 15) is 18.3 Å². The highest BCUT2D eigenvalue weighted by molar-refractivity contribution is 8.01. The highest BCUT2D eigenvalue weighted by atomic mass is 32.2. The van der Waals surface area contributed by atoms with Crippen molar-refractivity contribution in [1.82, 2.24) is 0 Å². The van der Waals surface area contributed by atoms with Crippen LogP contribution in [0.5, 0.6) is 0 Å². The summed E-state index contributed by atoms with van der Waals surface area (Å²) in [5, 5.41) is 17.6. The lowest BCUT2D eigenvalue weighted by Gasteiger charge is -2.12. The van der Waals surface area contributed by atoms with Crippen LogP contribution in [-0.2, 0) is 14.6 Å². The van der Waals surface area contributed by atoms with E-state index in [1.165, 1.54) is 11.8 Å². The van der Waals surface area contributed by atoms with Crippen LogP contribution < -0.4 is 5.73 Å². The van der Waals surface area contributed by atoms with Gasteiger partial charge in [-0.25, -0.2) is 8.42 Å². The van der Waals surface area contributed by atoms with Crippen molar-refractivity contribution >= 4 is 27.6 Å². The third-order valence-corrected chi connectivity index (χ3v) is 5.66. The van der Waals surface area contributed by atoms with Crippen LogP contribution in [0.2, 0.25) is 0 Å². The Morgan fingerprint density at radius 2 is 2.12 bits per heavy atom. The standard InChI is InChI=1S/C8H15NO5S2/c9-5(8(11)12)1-2-15-7-4-16(13,14)3-6(7)10/h5-7,10H,1-4,9H2,(H,11,12). The molecule has 1 saturated heterocycles. The first-order valence-electron chi connectivity index (χ1n) is 4.80. The molecule has 16 heavy (non-hydrogen) atoms. The number of nitrogens with two attached hydrogens (primary N) is 1. The van der Waals surface area contributed by atoms with E-state index >= 15 is 0 Å². The summed E-state index contributed by atoms with van der Waals surface area (Å²) in [7, 11) is -3.13. The normalized spacial score (nSPS) is 30.1. The lowest BCUT2D eigenvalue weighted by molar-refractivity contribution is -0.138. The number of aliphatic hydroxyl groups excluding tert-OH is 1. The minimum atomic E-state index is -3.13. The second-order valence-electron chi connectivity index (χ2n) is 3.79. The molecule has 0 bridgehead atoms. The van der Waals surface area contributed by atoms with Crippen LogP contribution in [0.1, 0.15) is 6.42 Å². The van der Waals surface area contributed by atoms with Crippen LogP contribution in [0.3, 0.4) is 0 Å². The summed E-state index contributed by atoms with van der Waals surface area (Å²) in [5.74, 6) is -0.873. The topological polar surface area (TPSA) is 118 Å². The zero-order chi connectivity index (χ0) is 12.3. The summed E-state index contributed by atoms with van der Waals surface area (Å²) >= 11 is 1.27. The van der Waals surface area contributed by atoms with Gasteiger partial charge in [-0.3, -0.25) is 4.79 Å². The molecule has 6 nitrogen and oxygen atoms in total. The van der Waals surface area contributed by atoms with Gasteiger partial charge in [-0.2, -0.15) is 11.8 Å². The lowest BCUT2D eigenvalue weighted by Crippen LogP contribution is -2.31. The number of carboxylic acid groups (broad SMARTS) is 1. The number of sulfone groups is 1. The largest absolute Gasteiger partial charge is 0.480 e. The maximum atomic E-state index is 11.2. The van der Waals surface area contributed by atoms with Crippen LogP contribution in [0.4, 0.5) is 0 Å². The average Bonchev–Trinajstić information content (AvgIpc) is 2.39. The molecule has 0 aromatic heterocycles. The van der Waals surface area contributed by atoms with Crippen molar-refractivity contribution < 1.29 is 23.4 Å². The van der Waals surface area contributed by atoms with Crippen LogP contribution in [-0.4, -0.2) is 59.3 Å². The Kier molecular flexibility index (Phi) is 4.60. The Hall–Kier alpha value is -0.310. The zero-order valence-electron chi connectivity index (χ0n) is 8.57. The summed E-state index contributed by atoms with van der Waals surface area (Å²) in [6.45, 7) is 0. The van der Waals surface area contributed by atoms with Crippen molar-refractivity contribution in [1.29, 1.82) is 0 Å². The molecule has 1 heterocycles. The number of hydrogen-bond donors (Lipinski definition) is 3. The molecule has 4 N–H and O–H groups in total. The van der Waals surface area contributed by atoms with Crippen LogP contribution >= 0.6 is 11.8 Å². The molecule has 0 spiro atoms. The Balaban J connectivity index is 2.32. The fraction of sp³-hybridized carbons (Fsp3) is 0.875. The fourth-order valence-corrected chi connectivity index (χ4v) is 5.18. The number of thioether (sulfide) groups is 1. The molecule has 1 fully saturated rings. The third-order valence-electron chi connectivity index (χ3n) is 2.35. The van der Waals surface area contributed by atoms with Gasteiger partial charge in [-0.1, -0.05) is 0 Å². The highest BCUT2D eigenvalue weighted by Crippen LogP contribution is 2.25. The maximum Gasteiger partial charge on any atom is 0.320 e. The summed E-state index contributed by atoms with van der Waals surface area (Å²) in [6, 6.07) is -0.928. The molecule has 3 atom stereocenters. The second-order valence-corrected chi connectivity index (χ2v) is 7.29. The van der Waals surface area contributed by atoms with E-state index in [0.29, 0.717) is 5.75 Å². The molecular weight excluding hydrogens is 254 g/mol. The summed E-state index contributed by atoms with van der Waals surface area (Å²) in [4.78, 5) is 10.4. The summed E-state index contributed by atoms with van der Waals surface area (Å²) in [6.07, 6.45) is -0.584. The van der Waals surface area contributed by atoms with Gasteiger partial charge < -0.3 is 15.9 Å². The molecule has 1 rings (SSSR count). The van der Waals surface area contributed by atoms with E-state index in [4.69, 9.17) is 10.8 Å². The van der Waals surface area contributed by atoms with E-state index < -0.39 is 28.0 Å². The Morgan fingerprint density at radius 1 is 1.50 bits per heavy atom. The molecule has 0 aromatic carbocycles. The van der Waals surface area contributed by atoms with Crippen molar-refractivity contribution in [2.75, 3.05) is 17.3 Å². The molecule has 0 radical (unpaired) electrons. The van der Waals surface area contributed by atoms with Gasteiger partial charge >= 0.3 is 5.97 Å². The van der Waals surface area contributed by atoms with Crippen LogP contribution in [0, 0.1) is 0 Å². The molecule has 1 aliphatic rings. The summed E-state index contributed by atoms with van der Waals surface area (Å²) < 4.78 is 22.3. The smallest absolute Gasteiger partial charge is 0.320 e. The molecule has 0 saturated carbocycles. The number of carboxylic acids is 1. The lowest BCUT2D eigenvalue weighted by atomic mass is 10.2. The van der Waals surface area contributed by atoms with Gasteiger partial charge in [0.15, 0.2) is 9.84 Å². The maximum absolute atomic E-state index is 11.2. The van der Waals surface area contributed by atoms with Crippen LogP contribution in [0.15, 0.2) is 0 Å². The average molecular weight is 269 g/mol. The predicted octanol–water partition coefficient (Wildman–Crippen LogP) is -1.32. The molecule has 1 aliphatic heterocycles. The van der Waals surface area contributed by atoms with Gasteiger partial charge in [-0.05, 0) is 12.2 Å². The first-order valence-corrected chi connectivity index (χ1v) is 7.67. The molecule has 94 valence electrons. The molecule has 0 aliphatic carbocycles. The second kappa shape index (κ2) is 5.35. The third kappa shape index (κ3) is 3.93. The quantitative estimate of drug-likeness (QED) is 0.566. The molecule has 0 aromatic rings. The van der Waals surface area contributed by atoms with E-state index in [1.54, 1.807) is 0 Å². The van der Waals surface area contributed by atoms with E-state index in [0.717, 1.165) is 0 Å². The first-order chi connectivity index (χ1) is 7.32. The predicted molar refractivity (Wildman–Crippen MR) is 61.1 cm³/mol. The molecule has 8 heteroatoms. The minimum absolute atomic E-state index is 0.0405. The van der Waals surface area contributed by atoms with E-state index in [1.807, 2.05) is 0 Å². The van der Waals surface area contributed by atoms with Crippen molar-refractivity contribution in [3.63, 3.8) is 0 Å². The van der Waals surface area contributed by atoms with Gasteiger partial charge in [-0.15, -0.1) is 0 Å². The van der Waals surface area contributed by atoms with Gasteiger partial charge in [0.1, 0.15) is 6.04 Å². The van der Waals surface area contributed by atoms with Crippen molar-refractivity contribution in [2.45, 2.75) is 23.8 Å². The molecule has 0 amide bonds. The van der Waals surface area contributed by atoms with Crippen molar-refractivity contribution in [3.8, 4) is 0 Å². The Morgan fingerprint density at radius 3 is 2.56 bits per heavy atom. The van der Waals surface area contributed by atoms with E-state index in [2.05, 4.69) is 0 Å². The van der Waals surface area contributed by atoms with Gasteiger partial charge in [0.2, 0.25) is 0 Å². The monoisotopic (exact) mass is 269 g/mol. The first kappa shape index (κ1) is 13.8. The number of aliphatic carboxylic acids is 1. The highest BCUT2D eigenvalue weighted by Gasteiger charge is 2.36. The zero-order valence-corrected chi connectivity index (χ0v) is 10.2. The minimum Gasteiger partial charge on any atom is -0.480 e. The Bertz CT molecular complexity index is 355. The number of hydrogen-bond acceptors (Lipinski definition) is 6. The number of carbonyl (C=O) groups is 1. The SMILES string of the molecule is NC(CCSC1CS(=O)(=O)CC1O)C(=O)O. The van der Waals surface area contributed by atoms with Gasteiger partial charge in [0, 0.05) is 5.25 Å². The van der Waals surface area contributed by atoms with Crippen LogP contribution in [0.25, 0.3) is 0 Å². The van der Waals surface area contributed by atoms with Gasteiger partial charge in [0.25, 0.3) is 0 Å². The molecule has 3 unspecified atom stereocenters.